The minimum absolute atomic E-state index is 0.209. The lowest BCUT2D eigenvalue weighted by Crippen LogP contribution is -2.36. The summed E-state index contributed by atoms with van der Waals surface area (Å²) in [6.45, 7) is 7.76. The molecule has 1 aromatic heterocycles. The third-order valence-corrected chi connectivity index (χ3v) is 8.10. The highest BCUT2D eigenvalue weighted by atomic mass is 32.2. The molecule has 0 fully saturated rings. The van der Waals surface area contributed by atoms with E-state index in [0.717, 1.165) is 16.7 Å². The van der Waals surface area contributed by atoms with Crippen LogP contribution in [0.5, 0.6) is 0 Å². The summed E-state index contributed by atoms with van der Waals surface area (Å²) in [4.78, 5) is 18.8. The fourth-order valence-electron chi connectivity index (χ4n) is 4.31. The summed E-state index contributed by atoms with van der Waals surface area (Å²) in [5, 5.41) is 0.491. The summed E-state index contributed by atoms with van der Waals surface area (Å²) >= 11 is 0. The SMILES string of the molecule is CCC(c1nc2ccccc2c(=O)n1-c1ccc(C)cc1C)N(C)S(=O)(=O)c1ccc(C)cc1. The molecule has 1 atom stereocenters. The Kier molecular flexibility index (Phi) is 6.43. The molecular weight excluding hydrogens is 446 g/mol. The normalized spacial score (nSPS) is 12.9. The van der Waals surface area contributed by atoms with Gasteiger partial charge >= 0.3 is 0 Å². The van der Waals surface area contributed by atoms with Gasteiger partial charge in [0.2, 0.25) is 10.0 Å². The average molecular weight is 476 g/mol. The summed E-state index contributed by atoms with van der Waals surface area (Å²) in [5.41, 5.74) is 4.00. The first-order chi connectivity index (χ1) is 16.1. The molecule has 0 aliphatic heterocycles. The molecule has 0 saturated heterocycles. The number of sulfonamides is 1. The van der Waals surface area contributed by atoms with Gasteiger partial charge in [-0.3, -0.25) is 9.36 Å². The first-order valence-electron chi connectivity index (χ1n) is 11.3. The van der Waals surface area contributed by atoms with Crippen LogP contribution in [0.2, 0.25) is 0 Å². The second-order valence-corrected chi connectivity index (χ2v) is 10.7. The molecule has 7 heteroatoms. The van der Waals surface area contributed by atoms with Gasteiger partial charge < -0.3 is 0 Å². The van der Waals surface area contributed by atoms with E-state index in [1.807, 2.05) is 58.0 Å². The number of hydrogen-bond donors (Lipinski definition) is 0. The van der Waals surface area contributed by atoms with Crippen LogP contribution in [0.25, 0.3) is 16.6 Å². The third kappa shape index (κ3) is 4.17. The molecule has 0 amide bonds. The zero-order valence-corrected chi connectivity index (χ0v) is 20.9. The molecule has 176 valence electrons. The van der Waals surface area contributed by atoms with Crippen molar-refractivity contribution in [3.8, 4) is 5.69 Å². The second-order valence-electron chi connectivity index (χ2n) is 8.68. The molecule has 0 spiro atoms. The van der Waals surface area contributed by atoms with Gasteiger partial charge in [-0.2, -0.15) is 4.31 Å². The highest BCUT2D eigenvalue weighted by molar-refractivity contribution is 7.89. The largest absolute Gasteiger partial charge is 0.268 e. The molecule has 0 radical (unpaired) electrons. The van der Waals surface area contributed by atoms with Crippen molar-refractivity contribution >= 4 is 20.9 Å². The Hall–Kier alpha value is -3.29. The smallest absolute Gasteiger partial charge is 0.266 e. The highest BCUT2D eigenvalue weighted by Gasteiger charge is 2.32. The predicted molar refractivity (Wildman–Crippen MR) is 136 cm³/mol. The first kappa shape index (κ1) is 23.9. The van der Waals surface area contributed by atoms with Crippen LogP contribution in [-0.2, 0) is 10.0 Å². The van der Waals surface area contributed by atoms with Gasteiger partial charge in [0, 0.05) is 7.05 Å². The van der Waals surface area contributed by atoms with Crippen LogP contribution < -0.4 is 5.56 Å². The van der Waals surface area contributed by atoms with E-state index in [4.69, 9.17) is 4.98 Å². The summed E-state index contributed by atoms with van der Waals surface area (Å²) in [5.74, 6) is 0.399. The Morgan fingerprint density at radius 2 is 1.59 bits per heavy atom. The summed E-state index contributed by atoms with van der Waals surface area (Å²) in [6.07, 6.45) is 0.442. The molecule has 0 saturated carbocycles. The van der Waals surface area contributed by atoms with Crippen molar-refractivity contribution in [2.75, 3.05) is 7.05 Å². The molecule has 6 nitrogen and oxygen atoms in total. The molecule has 1 unspecified atom stereocenters. The Morgan fingerprint density at radius 1 is 0.941 bits per heavy atom. The van der Waals surface area contributed by atoms with E-state index >= 15 is 0 Å². The fourth-order valence-corrected chi connectivity index (χ4v) is 5.70. The van der Waals surface area contributed by atoms with Crippen LogP contribution in [-0.4, -0.2) is 29.3 Å². The molecule has 1 heterocycles. The van der Waals surface area contributed by atoms with Crippen LogP contribution in [0.1, 0.15) is 41.9 Å². The number of nitrogens with zero attached hydrogens (tertiary/aromatic N) is 3. The lowest BCUT2D eigenvalue weighted by Gasteiger charge is -2.29. The van der Waals surface area contributed by atoms with E-state index in [-0.39, 0.29) is 10.5 Å². The number of rotatable bonds is 6. The molecule has 4 rings (SSSR count). The van der Waals surface area contributed by atoms with Crippen molar-refractivity contribution in [1.82, 2.24) is 13.9 Å². The molecule has 3 aromatic carbocycles. The van der Waals surface area contributed by atoms with Gasteiger partial charge in [-0.25, -0.2) is 13.4 Å². The second kappa shape index (κ2) is 9.16. The summed E-state index contributed by atoms with van der Waals surface area (Å²) in [7, 11) is -2.27. The molecule has 34 heavy (non-hydrogen) atoms. The molecule has 4 aromatic rings. The van der Waals surface area contributed by atoms with Crippen molar-refractivity contribution in [3.05, 3.63) is 99.6 Å². The number of aromatic nitrogens is 2. The number of benzene rings is 3. The number of aryl methyl sites for hydroxylation is 3. The number of fused-ring (bicyclic) bond motifs is 1. The topological polar surface area (TPSA) is 72.3 Å². The lowest BCUT2D eigenvalue weighted by molar-refractivity contribution is 0.347. The van der Waals surface area contributed by atoms with Crippen LogP contribution in [0.15, 0.2) is 76.4 Å². The lowest BCUT2D eigenvalue weighted by atomic mass is 10.1. The quantitative estimate of drug-likeness (QED) is 0.390. The Labute approximate surface area is 200 Å². The minimum atomic E-state index is -3.82. The first-order valence-corrected chi connectivity index (χ1v) is 12.7. The predicted octanol–water partition coefficient (Wildman–Crippen LogP) is 5.08. The van der Waals surface area contributed by atoms with Crippen LogP contribution >= 0.6 is 0 Å². The monoisotopic (exact) mass is 475 g/mol. The van der Waals surface area contributed by atoms with Crippen molar-refractivity contribution in [2.24, 2.45) is 0 Å². The Bertz CT molecular complexity index is 1520. The van der Waals surface area contributed by atoms with E-state index in [9.17, 15) is 13.2 Å². The van der Waals surface area contributed by atoms with E-state index in [0.29, 0.717) is 28.8 Å². The van der Waals surface area contributed by atoms with E-state index < -0.39 is 16.1 Å². The third-order valence-electron chi connectivity index (χ3n) is 6.22. The van der Waals surface area contributed by atoms with Crippen molar-refractivity contribution in [1.29, 1.82) is 0 Å². The fraction of sp³-hybridized carbons (Fsp3) is 0.259. The maximum absolute atomic E-state index is 13.7. The van der Waals surface area contributed by atoms with E-state index in [2.05, 4.69) is 0 Å². The Morgan fingerprint density at radius 3 is 2.24 bits per heavy atom. The van der Waals surface area contributed by atoms with Crippen molar-refractivity contribution in [3.63, 3.8) is 0 Å². The zero-order chi connectivity index (χ0) is 24.6. The van der Waals surface area contributed by atoms with Gasteiger partial charge in [-0.05, 0) is 63.1 Å². The van der Waals surface area contributed by atoms with Gasteiger partial charge in [-0.15, -0.1) is 0 Å². The minimum Gasteiger partial charge on any atom is -0.268 e. The number of para-hydroxylation sites is 1. The molecule has 0 aliphatic rings. The summed E-state index contributed by atoms with van der Waals surface area (Å²) in [6, 6.07) is 19.2. The van der Waals surface area contributed by atoms with Crippen LogP contribution in [0.4, 0.5) is 0 Å². The molecular formula is C27H29N3O3S. The van der Waals surface area contributed by atoms with Gasteiger partial charge in [0.25, 0.3) is 5.56 Å². The van der Waals surface area contributed by atoms with E-state index in [1.54, 1.807) is 48.0 Å². The van der Waals surface area contributed by atoms with E-state index in [1.165, 1.54) is 4.31 Å². The van der Waals surface area contributed by atoms with Gasteiger partial charge in [-0.1, -0.05) is 54.4 Å². The van der Waals surface area contributed by atoms with Crippen LogP contribution in [0.3, 0.4) is 0 Å². The van der Waals surface area contributed by atoms with Gasteiger partial charge in [0.05, 0.1) is 27.5 Å². The van der Waals surface area contributed by atoms with Crippen LogP contribution in [0, 0.1) is 20.8 Å². The van der Waals surface area contributed by atoms with Crippen molar-refractivity contribution in [2.45, 2.75) is 45.1 Å². The van der Waals surface area contributed by atoms with Gasteiger partial charge in [0.1, 0.15) is 5.82 Å². The Balaban J connectivity index is 1.98. The molecule has 0 N–H and O–H groups in total. The maximum Gasteiger partial charge on any atom is 0.266 e. The zero-order valence-electron chi connectivity index (χ0n) is 20.1. The number of hydrogen-bond acceptors (Lipinski definition) is 4. The molecule has 0 bridgehead atoms. The maximum atomic E-state index is 13.7. The van der Waals surface area contributed by atoms with Crippen molar-refractivity contribution < 1.29 is 8.42 Å². The average Bonchev–Trinajstić information content (AvgIpc) is 2.81. The van der Waals surface area contributed by atoms with Gasteiger partial charge in [0.15, 0.2) is 0 Å². The highest BCUT2D eigenvalue weighted by Crippen LogP contribution is 2.30. The molecule has 0 aliphatic carbocycles. The summed E-state index contributed by atoms with van der Waals surface area (Å²) < 4.78 is 30.0. The standard InChI is InChI=1S/C27H29N3O3S/c1-6-24(29(5)34(32,33)21-14-11-18(2)12-15-21)26-28-23-10-8-7-9-22(23)27(31)30(26)25-16-13-19(3)17-20(25)4/h7-17,24H,6H2,1-5H3.